The number of ether oxygens (including phenoxy) is 3. The van der Waals surface area contributed by atoms with Gasteiger partial charge in [0.05, 0.1) is 26.4 Å². The molecule has 0 aromatic heterocycles. The fraction of sp³-hybridized carbons (Fsp3) is 0.226. The van der Waals surface area contributed by atoms with Gasteiger partial charge in [0.2, 0.25) is 0 Å². The lowest BCUT2D eigenvalue weighted by molar-refractivity contribution is 0.102. The van der Waals surface area contributed by atoms with E-state index in [0.717, 1.165) is 55.1 Å². The number of aromatic hydroxyl groups is 1. The molecule has 2 atom stereocenters. The predicted octanol–water partition coefficient (Wildman–Crippen LogP) is 6.12. The van der Waals surface area contributed by atoms with Crippen molar-refractivity contribution in [3.63, 3.8) is 0 Å². The molecule has 0 saturated carbocycles. The molecule has 2 aliphatic rings. The van der Waals surface area contributed by atoms with Crippen molar-refractivity contribution >= 4 is 0 Å². The van der Waals surface area contributed by atoms with E-state index in [9.17, 15) is 5.11 Å². The van der Waals surface area contributed by atoms with Crippen LogP contribution in [0.1, 0.15) is 11.1 Å². The summed E-state index contributed by atoms with van der Waals surface area (Å²) in [5.74, 6) is 0.309. The number of benzene rings is 4. The molecule has 0 aliphatic carbocycles. The summed E-state index contributed by atoms with van der Waals surface area (Å²) in [6, 6.07) is 34.8. The normalized spacial score (nSPS) is 17.8. The molecule has 0 radical (unpaired) electrons. The minimum atomic E-state index is 0.309. The lowest BCUT2D eigenvalue weighted by atomic mass is 9.89. The Morgan fingerprint density at radius 2 is 1.23 bits per heavy atom. The summed E-state index contributed by atoms with van der Waals surface area (Å²) < 4.78 is 15.1. The fourth-order valence-corrected chi connectivity index (χ4v) is 4.09. The number of hydrogen-bond donors (Lipinski definition) is 1. The van der Waals surface area contributed by atoms with E-state index in [2.05, 4.69) is 54.6 Å². The van der Waals surface area contributed by atoms with Crippen molar-refractivity contribution < 1.29 is 19.3 Å². The highest BCUT2D eigenvalue weighted by atomic mass is 16.6. The van der Waals surface area contributed by atoms with Crippen molar-refractivity contribution in [3.8, 4) is 28.0 Å². The molecule has 4 heteroatoms. The Labute approximate surface area is 206 Å². The summed E-state index contributed by atoms with van der Waals surface area (Å²) in [4.78, 5) is 0. The third-order valence-electron chi connectivity index (χ3n) is 6.06. The number of rotatable bonds is 8. The van der Waals surface area contributed by atoms with Gasteiger partial charge in [-0.05, 0) is 40.3 Å². The maximum absolute atomic E-state index is 10.6. The molecule has 2 saturated heterocycles. The first-order chi connectivity index (χ1) is 17.3. The lowest BCUT2D eigenvalue weighted by Crippen LogP contribution is -2.06. The molecular formula is C31H30O4. The average Bonchev–Trinajstić information content (AvgIpc) is 3.83. The van der Waals surface area contributed by atoms with Crippen LogP contribution in [0.4, 0.5) is 0 Å². The molecule has 4 nitrogen and oxygen atoms in total. The number of epoxide rings is 2. The van der Waals surface area contributed by atoms with Crippen LogP contribution in [-0.4, -0.2) is 43.7 Å². The maximum Gasteiger partial charge on any atom is 0.124 e. The van der Waals surface area contributed by atoms with E-state index in [1.807, 2.05) is 42.5 Å². The first kappa shape index (κ1) is 23.3. The quantitative estimate of drug-likeness (QED) is 0.318. The molecule has 0 spiro atoms. The van der Waals surface area contributed by atoms with E-state index in [-0.39, 0.29) is 0 Å². The van der Waals surface area contributed by atoms with Gasteiger partial charge in [0, 0.05) is 5.56 Å². The summed E-state index contributed by atoms with van der Waals surface area (Å²) in [6.45, 7) is 3.26. The van der Waals surface area contributed by atoms with Gasteiger partial charge in [-0.15, -0.1) is 0 Å². The van der Waals surface area contributed by atoms with E-state index >= 15 is 0 Å². The largest absolute Gasteiger partial charge is 0.507 e. The lowest BCUT2D eigenvalue weighted by Gasteiger charge is -2.16. The highest BCUT2D eigenvalue weighted by molar-refractivity contribution is 5.88. The van der Waals surface area contributed by atoms with E-state index in [1.54, 1.807) is 6.07 Å². The minimum Gasteiger partial charge on any atom is -0.507 e. The second-order valence-corrected chi connectivity index (χ2v) is 8.83. The molecule has 4 aromatic carbocycles. The summed E-state index contributed by atoms with van der Waals surface area (Å²) >= 11 is 0. The molecule has 2 heterocycles. The molecule has 6 rings (SSSR count). The molecule has 2 unspecified atom stereocenters. The maximum atomic E-state index is 10.6. The first-order valence-corrected chi connectivity index (χ1v) is 12.1. The summed E-state index contributed by atoms with van der Waals surface area (Å²) in [5, 5.41) is 10.6. The molecule has 0 bridgehead atoms. The Kier molecular flexibility index (Phi) is 7.54. The van der Waals surface area contributed by atoms with Crippen LogP contribution in [0, 0.1) is 0 Å². The summed E-state index contributed by atoms with van der Waals surface area (Å²) in [7, 11) is 0. The molecule has 178 valence electrons. The van der Waals surface area contributed by atoms with Crippen molar-refractivity contribution in [1.29, 1.82) is 0 Å². The molecule has 2 aliphatic heterocycles. The number of phenolic OH excluding ortho intramolecular Hbond substituents is 1. The Morgan fingerprint density at radius 1 is 0.657 bits per heavy atom. The highest BCUT2D eigenvalue weighted by Gasteiger charge is 2.26. The smallest absolute Gasteiger partial charge is 0.124 e. The highest BCUT2D eigenvalue weighted by Crippen LogP contribution is 2.40. The minimum absolute atomic E-state index is 0.309. The van der Waals surface area contributed by atoms with Crippen LogP contribution in [0.5, 0.6) is 5.75 Å². The molecular weight excluding hydrogens is 436 g/mol. The van der Waals surface area contributed by atoms with E-state index in [0.29, 0.717) is 18.0 Å². The zero-order chi connectivity index (χ0) is 23.9. The van der Waals surface area contributed by atoms with Gasteiger partial charge >= 0.3 is 0 Å². The standard InChI is InChI=1S/C25H20O.C6H10O3/c26-24-17-9-16-23(25(24)20-12-5-2-6-13-20)22-15-8-7-14-21(22)18-19-10-3-1-4-11-19;1(5-3-8-5)7-2-6-4-9-6/h1-17,26H,18H2;5-6H,1-4H2. The molecule has 2 fully saturated rings. The van der Waals surface area contributed by atoms with Crippen molar-refractivity contribution in [2.75, 3.05) is 26.4 Å². The molecule has 1 N–H and O–H groups in total. The average molecular weight is 467 g/mol. The van der Waals surface area contributed by atoms with Crippen LogP contribution in [0.25, 0.3) is 22.3 Å². The van der Waals surface area contributed by atoms with Crippen LogP contribution < -0.4 is 0 Å². The van der Waals surface area contributed by atoms with Crippen molar-refractivity contribution in [3.05, 3.63) is 114 Å². The first-order valence-electron chi connectivity index (χ1n) is 12.1. The van der Waals surface area contributed by atoms with Gasteiger partial charge < -0.3 is 19.3 Å². The van der Waals surface area contributed by atoms with Gasteiger partial charge in [-0.25, -0.2) is 0 Å². The van der Waals surface area contributed by atoms with Gasteiger partial charge in [0.25, 0.3) is 0 Å². The van der Waals surface area contributed by atoms with Crippen molar-refractivity contribution in [1.82, 2.24) is 0 Å². The second kappa shape index (κ2) is 11.3. The van der Waals surface area contributed by atoms with Gasteiger partial charge in [-0.1, -0.05) is 97.1 Å². The van der Waals surface area contributed by atoms with E-state index in [4.69, 9.17) is 14.2 Å². The Hall–Kier alpha value is -3.44. The zero-order valence-electron chi connectivity index (χ0n) is 19.7. The Morgan fingerprint density at radius 3 is 1.89 bits per heavy atom. The SMILES string of the molecule is C(OCC1CO1)C1CO1.Oc1cccc(-c2ccccc2Cc2ccccc2)c1-c1ccccc1. The summed E-state index contributed by atoms with van der Waals surface area (Å²) in [6.07, 6.45) is 1.65. The summed E-state index contributed by atoms with van der Waals surface area (Å²) in [5.41, 5.74) is 6.65. The Bertz CT molecular complexity index is 1200. The predicted molar refractivity (Wildman–Crippen MR) is 139 cm³/mol. The number of hydrogen-bond acceptors (Lipinski definition) is 4. The fourth-order valence-electron chi connectivity index (χ4n) is 4.09. The monoisotopic (exact) mass is 466 g/mol. The zero-order valence-corrected chi connectivity index (χ0v) is 19.7. The van der Waals surface area contributed by atoms with Crippen LogP contribution >= 0.6 is 0 Å². The molecule has 35 heavy (non-hydrogen) atoms. The van der Waals surface area contributed by atoms with Crippen LogP contribution in [0.2, 0.25) is 0 Å². The third-order valence-corrected chi connectivity index (χ3v) is 6.06. The van der Waals surface area contributed by atoms with Crippen LogP contribution in [0.15, 0.2) is 103 Å². The van der Waals surface area contributed by atoms with Gasteiger partial charge in [-0.3, -0.25) is 0 Å². The topological polar surface area (TPSA) is 54.5 Å². The Balaban J connectivity index is 0.000000234. The number of phenols is 1. The second-order valence-electron chi connectivity index (χ2n) is 8.83. The molecule has 0 amide bonds. The van der Waals surface area contributed by atoms with Crippen molar-refractivity contribution in [2.24, 2.45) is 0 Å². The van der Waals surface area contributed by atoms with E-state index < -0.39 is 0 Å². The van der Waals surface area contributed by atoms with Crippen molar-refractivity contribution in [2.45, 2.75) is 18.6 Å². The molecule has 4 aromatic rings. The van der Waals surface area contributed by atoms with E-state index in [1.165, 1.54) is 11.1 Å². The van der Waals surface area contributed by atoms with Gasteiger partial charge in [-0.2, -0.15) is 0 Å². The van der Waals surface area contributed by atoms with Gasteiger partial charge in [0.1, 0.15) is 18.0 Å². The third kappa shape index (κ3) is 6.58. The van der Waals surface area contributed by atoms with Crippen LogP contribution in [0.3, 0.4) is 0 Å². The van der Waals surface area contributed by atoms with Gasteiger partial charge in [0.15, 0.2) is 0 Å². The van der Waals surface area contributed by atoms with Crippen LogP contribution in [-0.2, 0) is 20.6 Å².